The van der Waals surface area contributed by atoms with Crippen LogP contribution in [0.25, 0.3) is 6.08 Å². The minimum absolute atomic E-state index is 0.0575. The van der Waals surface area contributed by atoms with Crippen molar-refractivity contribution >= 4 is 57.8 Å². The summed E-state index contributed by atoms with van der Waals surface area (Å²) in [5.74, 6) is -1.81. The van der Waals surface area contributed by atoms with Gasteiger partial charge >= 0.3 is 5.97 Å². The van der Waals surface area contributed by atoms with E-state index in [-0.39, 0.29) is 29.4 Å². The molecule has 0 aromatic heterocycles. The van der Waals surface area contributed by atoms with Crippen molar-refractivity contribution in [3.8, 4) is 0 Å². The van der Waals surface area contributed by atoms with Crippen molar-refractivity contribution in [1.82, 2.24) is 10.2 Å². The zero-order valence-corrected chi connectivity index (χ0v) is 16.4. The lowest BCUT2D eigenvalue weighted by molar-refractivity contribution is -0.384. The van der Waals surface area contributed by atoms with E-state index in [9.17, 15) is 24.5 Å². The molecule has 1 unspecified atom stereocenters. The first-order valence-electron chi connectivity index (χ1n) is 8.21. The van der Waals surface area contributed by atoms with Crippen LogP contribution in [0.4, 0.5) is 5.69 Å². The number of rotatable bonds is 8. The van der Waals surface area contributed by atoms with Crippen LogP contribution in [0.15, 0.2) is 29.2 Å². The Labute approximate surface area is 169 Å². The molecule has 1 aliphatic heterocycles. The van der Waals surface area contributed by atoms with Crippen molar-refractivity contribution in [1.29, 1.82) is 0 Å². The number of nitro groups is 1. The number of nitrogens with one attached hydrogen (secondary N) is 1. The van der Waals surface area contributed by atoms with Crippen LogP contribution in [0.5, 0.6) is 0 Å². The molecule has 1 aliphatic rings. The van der Waals surface area contributed by atoms with E-state index >= 15 is 0 Å². The summed E-state index contributed by atoms with van der Waals surface area (Å²) >= 11 is 6.25. The summed E-state index contributed by atoms with van der Waals surface area (Å²) in [5.41, 5.74) is 0.537. The van der Waals surface area contributed by atoms with Crippen LogP contribution < -0.4 is 5.32 Å². The maximum atomic E-state index is 12.6. The normalized spacial score (nSPS) is 16.3. The molecule has 0 spiro atoms. The number of non-ortho nitro benzene ring substituents is 1. The highest BCUT2D eigenvalue weighted by Crippen LogP contribution is 2.34. The maximum absolute atomic E-state index is 12.6. The third kappa shape index (κ3) is 5.36. The van der Waals surface area contributed by atoms with Crippen LogP contribution in [-0.4, -0.2) is 49.6 Å². The SMILES string of the molecule is CC(C(=O)NCCCC(=O)O)N1C(=O)/C(=C/c2ccc([N+](=O)[O-])cc2)SC1=S. The lowest BCUT2D eigenvalue weighted by Gasteiger charge is -2.22. The zero-order valence-electron chi connectivity index (χ0n) is 14.8. The highest BCUT2D eigenvalue weighted by atomic mass is 32.2. The number of thioether (sulfide) groups is 1. The maximum Gasteiger partial charge on any atom is 0.303 e. The topological polar surface area (TPSA) is 130 Å². The molecule has 2 rings (SSSR count). The Kier molecular flexibility index (Phi) is 7.24. The van der Waals surface area contributed by atoms with Gasteiger partial charge in [-0.3, -0.25) is 29.4 Å². The molecule has 2 N–H and O–H groups in total. The quantitative estimate of drug-likeness (QED) is 0.214. The molecule has 0 saturated carbocycles. The Bertz CT molecular complexity index is 853. The van der Waals surface area contributed by atoms with Crippen LogP contribution >= 0.6 is 24.0 Å². The molecule has 1 aromatic carbocycles. The van der Waals surface area contributed by atoms with Gasteiger partial charge in [-0.2, -0.15) is 0 Å². The van der Waals surface area contributed by atoms with Crippen molar-refractivity contribution in [3.05, 3.63) is 44.8 Å². The lowest BCUT2D eigenvalue weighted by Crippen LogP contribution is -2.47. The van der Waals surface area contributed by atoms with Gasteiger partial charge in [0, 0.05) is 25.1 Å². The van der Waals surface area contributed by atoms with Gasteiger partial charge in [0.05, 0.1) is 9.83 Å². The molecule has 1 atom stereocenters. The summed E-state index contributed by atoms with van der Waals surface area (Å²) in [5, 5.41) is 21.9. The number of carboxylic acids is 1. The highest BCUT2D eigenvalue weighted by molar-refractivity contribution is 8.26. The van der Waals surface area contributed by atoms with E-state index in [0.717, 1.165) is 11.8 Å². The largest absolute Gasteiger partial charge is 0.481 e. The summed E-state index contributed by atoms with van der Waals surface area (Å²) in [6.45, 7) is 1.72. The van der Waals surface area contributed by atoms with Gasteiger partial charge in [-0.15, -0.1) is 0 Å². The molecule has 1 aromatic rings. The minimum atomic E-state index is -0.949. The Morgan fingerprint density at radius 3 is 2.61 bits per heavy atom. The molecule has 1 saturated heterocycles. The first-order valence-corrected chi connectivity index (χ1v) is 9.44. The predicted octanol–water partition coefficient (Wildman–Crippen LogP) is 2.17. The fourth-order valence-electron chi connectivity index (χ4n) is 2.37. The second kappa shape index (κ2) is 9.42. The van der Waals surface area contributed by atoms with Gasteiger partial charge in [0.1, 0.15) is 10.4 Å². The number of nitro benzene ring substituents is 1. The summed E-state index contributed by atoms with van der Waals surface area (Å²) < 4.78 is 0.228. The van der Waals surface area contributed by atoms with Crippen molar-refractivity contribution in [2.24, 2.45) is 0 Å². The fraction of sp³-hybridized carbons (Fsp3) is 0.294. The number of aliphatic carboxylic acids is 1. The van der Waals surface area contributed by atoms with Gasteiger partial charge in [0.2, 0.25) is 5.91 Å². The van der Waals surface area contributed by atoms with E-state index in [4.69, 9.17) is 17.3 Å². The van der Waals surface area contributed by atoms with Crippen molar-refractivity contribution in [2.75, 3.05) is 6.54 Å². The Morgan fingerprint density at radius 2 is 2.04 bits per heavy atom. The van der Waals surface area contributed by atoms with E-state index in [2.05, 4.69) is 5.32 Å². The summed E-state index contributed by atoms with van der Waals surface area (Å²) in [6, 6.07) is 4.85. The average Bonchev–Trinajstić information content (AvgIpc) is 2.91. The molecule has 0 aliphatic carbocycles. The lowest BCUT2D eigenvalue weighted by atomic mass is 10.2. The zero-order chi connectivity index (χ0) is 20.8. The van der Waals surface area contributed by atoms with Crippen LogP contribution in [0.2, 0.25) is 0 Å². The van der Waals surface area contributed by atoms with E-state index in [1.165, 1.54) is 36.1 Å². The molecule has 0 radical (unpaired) electrons. The molecule has 1 heterocycles. The van der Waals surface area contributed by atoms with E-state index < -0.39 is 28.7 Å². The molecule has 11 heteroatoms. The number of hydrogen-bond acceptors (Lipinski definition) is 7. The van der Waals surface area contributed by atoms with Gasteiger partial charge < -0.3 is 10.4 Å². The summed E-state index contributed by atoms with van der Waals surface area (Å²) in [4.78, 5) is 47.1. The number of benzene rings is 1. The van der Waals surface area contributed by atoms with E-state index in [0.29, 0.717) is 10.5 Å². The van der Waals surface area contributed by atoms with Crippen LogP contribution in [0.1, 0.15) is 25.3 Å². The van der Waals surface area contributed by atoms with Crippen molar-refractivity contribution in [2.45, 2.75) is 25.8 Å². The number of carboxylic acid groups (broad SMARTS) is 1. The molecular formula is C17H17N3O6S2. The summed E-state index contributed by atoms with van der Waals surface area (Å²) in [7, 11) is 0. The minimum Gasteiger partial charge on any atom is -0.481 e. The third-order valence-corrected chi connectivity index (χ3v) is 5.19. The first-order chi connectivity index (χ1) is 13.2. The van der Waals surface area contributed by atoms with Crippen LogP contribution in [0.3, 0.4) is 0 Å². The molecule has 1 fully saturated rings. The van der Waals surface area contributed by atoms with Gasteiger partial charge in [-0.25, -0.2) is 0 Å². The Balaban J connectivity index is 2.04. The van der Waals surface area contributed by atoms with Crippen LogP contribution in [0, 0.1) is 10.1 Å². The molecule has 0 bridgehead atoms. The number of amides is 2. The van der Waals surface area contributed by atoms with Crippen molar-refractivity contribution in [3.63, 3.8) is 0 Å². The van der Waals surface area contributed by atoms with Gasteiger partial charge in [0.15, 0.2) is 0 Å². The van der Waals surface area contributed by atoms with Gasteiger partial charge in [-0.1, -0.05) is 24.0 Å². The Hall–Kier alpha value is -2.79. The number of thiocarbonyl (C=S) groups is 1. The summed E-state index contributed by atoms with van der Waals surface area (Å²) in [6.07, 6.45) is 1.78. The Morgan fingerprint density at radius 1 is 1.39 bits per heavy atom. The first kappa shape index (κ1) is 21.5. The molecular weight excluding hydrogens is 406 g/mol. The smallest absolute Gasteiger partial charge is 0.303 e. The fourth-order valence-corrected chi connectivity index (χ4v) is 3.79. The number of carbonyl (C=O) groups is 3. The van der Waals surface area contributed by atoms with Crippen LogP contribution in [-0.2, 0) is 14.4 Å². The van der Waals surface area contributed by atoms with Gasteiger partial charge in [-0.05, 0) is 37.1 Å². The monoisotopic (exact) mass is 423 g/mol. The standard InChI is InChI=1S/C17H17N3O6S2/c1-10(15(23)18-8-2-3-14(21)22)19-16(24)13(28-17(19)27)9-11-4-6-12(7-5-11)20(25)26/h4-7,9-10H,2-3,8H2,1H3,(H,18,23)(H,21,22)/b13-9-. The van der Waals surface area contributed by atoms with Gasteiger partial charge in [0.25, 0.3) is 11.6 Å². The number of carbonyl (C=O) groups excluding carboxylic acids is 2. The van der Waals surface area contributed by atoms with Crippen molar-refractivity contribution < 1.29 is 24.4 Å². The van der Waals surface area contributed by atoms with E-state index in [1.54, 1.807) is 6.08 Å². The molecule has 9 nitrogen and oxygen atoms in total. The average molecular weight is 423 g/mol. The predicted molar refractivity (Wildman–Crippen MR) is 107 cm³/mol. The molecule has 28 heavy (non-hydrogen) atoms. The second-order valence-corrected chi connectivity index (χ2v) is 7.54. The number of nitrogens with zero attached hydrogens (tertiary/aromatic N) is 2. The van der Waals surface area contributed by atoms with E-state index in [1.807, 2.05) is 0 Å². The molecule has 148 valence electrons. The highest BCUT2D eigenvalue weighted by Gasteiger charge is 2.38. The third-order valence-electron chi connectivity index (χ3n) is 3.86. The molecule has 2 amide bonds. The second-order valence-electron chi connectivity index (χ2n) is 5.86. The number of hydrogen-bond donors (Lipinski definition) is 2.